The number of aromatic nitrogens is 2. The fourth-order valence-electron chi connectivity index (χ4n) is 6.57. The molecule has 196 valence electrons. The number of benzene rings is 2. The molecule has 1 amide bonds. The summed E-state index contributed by atoms with van der Waals surface area (Å²) in [5.41, 5.74) is 0.450. The van der Waals surface area contributed by atoms with Gasteiger partial charge < -0.3 is 24.8 Å². The van der Waals surface area contributed by atoms with E-state index in [4.69, 9.17) is 9.26 Å². The maximum Gasteiger partial charge on any atom is 0.246 e. The molecule has 2 aliphatic rings. The summed E-state index contributed by atoms with van der Waals surface area (Å²) in [7, 11) is 0. The van der Waals surface area contributed by atoms with Gasteiger partial charge in [0.25, 0.3) is 0 Å². The summed E-state index contributed by atoms with van der Waals surface area (Å²) >= 11 is 0. The van der Waals surface area contributed by atoms with E-state index in [0.717, 1.165) is 30.6 Å². The lowest BCUT2D eigenvalue weighted by atomic mass is 9.49. The van der Waals surface area contributed by atoms with Crippen LogP contribution in [-0.2, 0) is 35.4 Å². The molecule has 3 aromatic rings. The second kappa shape index (κ2) is 9.58. The smallest absolute Gasteiger partial charge is 0.246 e. The molecule has 1 aromatic heterocycles. The van der Waals surface area contributed by atoms with Crippen molar-refractivity contribution in [3.63, 3.8) is 0 Å². The first-order valence-electron chi connectivity index (χ1n) is 13.0. The van der Waals surface area contributed by atoms with Crippen LogP contribution in [0.5, 0.6) is 5.75 Å². The number of rotatable bonds is 7. The van der Waals surface area contributed by atoms with Gasteiger partial charge >= 0.3 is 0 Å². The van der Waals surface area contributed by atoms with E-state index in [0.29, 0.717) is 24.6 Å². The zero-order valence-corrected chi connectivity index (χ0v) is 21.7. The molecule has 37 heavy (non-hydrogen) atoms. The van der Waals surface area contributed by atoms with E-state index in [1.807, 2.05) is 36.4 Å². The van der Waals surface area contributed by atoms with Gasteiger partial charge in [0.05, 0.1) is 12.1 Å². The largest absolute Gasteiger partial charge is 0.485 e. The van der Waals surface area contributed by atoms with Crippen molar-refractivity contribution in [1.29, 1.82) is 0 Å². The van der Waals surface area contributed by atoms with Crippen LogP contribution >= 0.6 is 0 Å². The predicted molar refractivity (Wildman–Crippen MR) is 137 cm³/mol. The molecule has 1 fully saturated rings. The van der Waals surface area contributed by atoms with Gasteiger partial charge in [0.1, 0.15) is 11.4 Å². The maximum absolute atomic E-state index is 11.8. The zero-order valence-electron chi connectivity index (χ0n) is 21.7. The molecular weight excluding hydrogens is 470 g/mol. The molecule has 4 atom stereocenters. The number of carbonyl (C=O) groups excluding carboxylic acids is 1. The number of aliphatic hydroxyl groups is 2. The van der Waals surface area contributed by atoms with E-state index in [1.54, 1.807) is 6.92 Å². The standard InChI is InChI=1S/C29H35N3O5/c1-4-28-18-27(3,34)29(35,21-8-6-5-7-9-21)15-22(28)11-10-20-14-23(12-13-24(20)28)36-17-25-31-26(37-32-25)16-30-19(2)33/h5-9,12-14,22,34-35H,4,10-11,15-18H2,1-3H3,(H,30,33)/t22-,27?,28-,29-/m1/s1. The van der Waals surface area contributed by atoms with E-state index in [1.165, 1.54) is 18.1 Å². The molecule has 2 aromatic carbocycles. The summed E-state index contributed by atoms with van der Waals surface area (Å²) in [5, 5.41) is 30.1. The van der Waals surface area contributed by atoms with E-state index >= 15 is 0 Å². The van der Waals surface area contributed by atoms with Gasteiger partial charge in [0.15, 0.2) is 6.61 Å². The molecule has 0 aliphatic heterocycles. The fraction of sp³-hybridized carbons (Fsp3) is 0.483. The Balaban J connectivity index is 1.36. The molecule has 5 rings (SSSR count). The number of amides is 1. The Kier molecular flexibility index (Phi) is 6.58. The Morgan fingerprint density at radius 1 is 1.22 bits per heavy atom. The normalized spacial score (nSPS) is 28.7. The van der Waals surface area contributed by atoms with Gasteiger partial charge in [-0.15, -0.1) is 0 Å². The molecule has 1 heterocycles. The topological polar surface area (TPSA) is 118 Å². The molecular formula is C29H35N3O5. The van der Waals surface area contributed by atoms with E-state index < -0.39 is 11.2 Å². The molecule has 0 bridgehead atoms. The summed E-state index contributed by atoms with van der Waals surface area (Å²) in [6, 6.07) is 15.8. The first-order chi connectivity index (χ1) is 17.7. The monoisotopic (exact) mass is 505 g/mol. The van der Waals surface area contributed by atoms with Crippen LogP contribution in [-0.4, -0.2) is 31.9 Å². The number of ether oxygens (including phenoxy) is 1. The van der Waals surface area contributed by atoms with Gasteiger partial charge in [-0.3, -0.25) is 4.79 Å². The minimum absolute atomic E-state index is 0.155. The van der Waals surface area contributed by atoms with Crippen molar-refractivity contribution in [2.24, 2.45) is 5.92 Å². The highest BCUT2D eigenvalue weighted by atomic mass is 16.5. The average Bonchev–Trinajstić information content (AvgIpc) is 3.35. The van der Waals surface area contributed by atoms with E-state index in [2.05, 4.69) is 34.5 Å². The first-order valence-corrected chi connectivity index (χ1v) is 13.0. The lowest BCUT2D eigenvalue weighted by Gasteiger charge is -2.59. The molecule has 8 nitrogen and oxygen atoms in total. The van der Waals surface area contributed by atoms with Crippen LogP contribution < -0.4 is 10.1 Å². The van der Waals surface area contributed by atoms with Crippen LogP contribution in [0.25, 0.3) is 0 Å². The Morgan fingerprint density at radius 2 is 2.00 bits per heavy atom. The van der Waals surface area contributed by atoms with Crippen molar-refractivity contribution in [2.75, 3.05) is 0 Å². The van der Waals surface area contributed by atoms with Crippen LogP contribution in [0.15, 0.2) is 53.1 Å². The number of hydrogen-bond acceptors (Lipinski definition) is 7. The molecule has 0 radical (unpaired) electrons. The Morgan fingerprint density at radius 3 is 2.73 bits per heavy atom. The molecule has 1 unspecified atom stereocenters. The summed E-state index contributed by atoms with van der Waals surface area (Å²) < 4.78 is 11.1. The lowest BCUT2D eigenvalue weighted by Crippen LogP contribution is -2.62. The molecule has 0 saturated heterocycles. The molecule has 3 N–H and O–H groups in total. The van der Waals surface area contributed by atoms with Crippen LogP contribution in [0.3, 0.4) is 0 Å². The minimum Gasteiger partial charge on any atom is -0.485 e. The second-order valence-corrected chi connectivity index (χ2v) is 10.7. The zero-order chi connectivity index (χ0) is 26.3. The number of nitrogens with zero attached hydrogens (tertiary/aromatic N) is 2. The van der Waals surface area contributed by atoms with Gasteiger partial charge in [-0.2, -0.15) is 4.98 Å². The third-order valence-corrected chi connectivity index (χ3v) is 8.50. The van der Waals surface area contributed by atoms with Crippen LogP contribution in [0.1, 0.15) is 74.9 Å². The van der Waals surface area contributed by atoms with E-state index in [9.17, 15) is 15.0 Å². The Bertz CT molecular complexity index is 1270. The fourth-order valence-corrected chi connectivity index (χ4v) is 6.57. The third kappa shape index (κ3) is 4.53. The molecule has 2 aliphatic carbocycles. The van der Waals surface area contributed by atoms with Gasteiger partial charge in [-0.1, -0.05) is 48.5 Å². The van der Waals surface area contributed by atoms with Crippen molar-refractivity contribution >= 4 is 5.91 Å². The summed E-state index contributed by atoms with van der Waals surface area (Å²) in [6.07, 6.45) is 3.71. The highest BCUT2D eigenvalue weighted by Crippen LogP contribution is 2.60. The van der Waals surface area contributed by atoms with Crippen LogP contribution in [0.2, 0.25) is 0 Å². The number of fused-ring (bicyclic) bond motifs is 3. The van der Waals surface area contributed by atoms with E-state index in [-0.39, 0.29) is 30.4 Å². The highest BCUT2D eigenvalue weighted by molar-refractivity contribution is 5.72. The quantitative estimate of drug-likeness (QED) is 0.445. The van der Waals surface area contributed by atoms with Crippen molar-refractivity contribution in [3.8, 4) is 5.75 Å². The SMILES string of the molecule is CC[C@@]12CC(C)(O)[C@](O)(c3ccccc3)C[C@H]1CCc1cc(OCc3noc(CNC(C)=O)n3)ccc12. The first kappa shape index (κ1) is 25.4. The maximum atomic E-state index is 11.8. The highest BCUT2D eigenvalue weighted by Gasteiger charge is 2.60. The summed E-state index contributed by atoms with van der Waals surface area (Å²) in [4.78, 5) is 15.3. The van der Waals surface area contributed by atoms with Gasteiger partial charge in [-0.25, -0.2) is 0 Å². The second-order valence-electron chi connectivity index (χ2n) is 10.7. The Hall–Kier alpha value is -3.23. The van der Waals surface area contributed by atoms with Crippen molar-refractivity contribution in [3.05, 3.63) is 76.9 Å². The lowest BCUT2D eigenvalue weighted by molar-refractivity contribution is -0.205. The third-order valence-electron chi connectivity index (χ3n) is 8.50. The number of nitrogens with one attached hydrogen (secondary N) is 1. The minimum atomic E-state index is -1.29. The summed E-state index contributed by atoms with van der Waals surface area (Å²) in [5.74, 6) is 1.55. The van der Waals surface area contributed by atoms with Crippen LogP contribution in [0.4, 0.5) is 0 Å². The van der Waals surface area contributed by atoms with Crippen molar-refractivity contribution < 1.29 is 24.3 Å². The van der Waals surface area contributed by atoms with Crippen molar-refractivity contribution in [2.45, 2.75) is 82.6 Å². The number of hydrogen-bond donors (Lipinski definition) is 3. The average molecular weight is 506 g/mol. The molecule has 0 spiro atoms. The van der Waals surface area contributed by atoms with Gasteiger partial charge in [-0.05, 0) is 73.8 Å². The molecule has 1 saturated carbocycles. The Labute approximate surface area is 217 Å². The van der Waals surface area contributed by atoms with Gasteiger partial charge in [0.2, 0.25) is 17.6 Å². The summed E-state index contributed by atoms with van der Waals surface area (Å²) in [6.45, 7) is 5.74. The number of aryl methyl sites for hydroxylation is 1. The predicted octanol–water partition coefficient (Wildman–Crippen LogP) is 3.93. The van der Waals surface area contributed by atoms with Gasteiger partial charge in [0, 0.05) is 12.3 Å². The number of carbonyl (C=O) groups is 1. The van der Waals surface area contributed by atoms with Crippen molar-refractivity contribution in [1.82, 2.24) is 15.5 Å². The van der Waals surface area contributed by atoms with Crippen LogP contribution in [0, 0.1) is 5.92 Å². The molecule has 8 heteroatoms.